The number of aliphatic hydroxyl groups excluding tert-OH is 1. The summed E-state index contributed by atoms with van der Waals surface area (Å²) < 4.78 is 2.34. The van der Waals surface area contributed by atoms with Crippen molar-refractivity contribution in [3.8, 4) is 0 Å². The highest BCUT2D eigenvalue weighted by Crippen LogP contribution is 2.15. The lowest BCUT2D eigenvalue weighted by atomic mass is 10.1. The van der Waals surface area contributed by atoms with Crippen molar-refractivity contribution in [2.24, 2.45) is 0 Å². The molecule has 2 aromatic rings. The van der Waals surface area contributed by atoms with Crippen LogP contribution in [-0.2, 0) is 0 Å². The molecule has 22 heavy (non-hydrogen) atoms. The predicted molar refractivity (Wildman–Crippen MR) is 92.4 cm³/mol. The van der Waals surface area contributed by atoms with Gasteiger partial charge in [0, 0.05) is 38.0 Å². The maximum atomic E-state index is 9.77. The molecule has 0 bridgehead atoms. The molecule has 2 atom stereocenters. The maximum absolute atomic E-state index is 9.77. The molecule has 1 aromatic carbocycles. The van der Waals surface area contributed by atoms with E-state index in [9.17, 15) is 5.11 Å². The van der Waals surface area contributed by atoms with Gasteiger partial charge in [0.15, 0.2) is 11.7 Å². The Morgan fingerprint density at radius 1 is 1.05 bits per heavy atom. The van der Waals surface area contributed by atoms with E-state index in [1.165, 1.54) is 17.0 Å². The van der Waals surface area contributed by atoms with Crippen molar-refractivity contribution in [3.05, 3.63) is 65.5 Å². The number of benzene rings is 1. The smallest absolute Gasteiger partial charge is 0.205 e. The second-order valence-electron chi connectivity index (χ2n) is 5.85. The molecule has 0 spiro atoms. The molecule has 2 unspecified atom stereocenters. The summed E-state index contributed by atoms with van der Waals surface area (Å²) in [6, 6.07) is 17.0. The Balaban J connectivity index is 2.35. The third-order valence-electron chi connectivity index (χ3n) is 3.96. The normalized spacial score (nSPS) is 14.2. The summed E-state index contributed by atoms with van der Waals surface area (Å²) in [6.45, 7) is 6.17. The highest BCUT2D eigenvalue weighted by Gasteiger charge is 2.23. The van der Waals surface area contributed by atoms with Crippen LogP contribution in [0.2, 0.25) is 0 Å². The van der Waals surface area contributed by atoms with Crippen molar-refractivity contribution < 1.29 is 9.67 Å². The second kappa shape index (κ2) is 7.90. The molecular weight excluding hydrogens is 270 g/mol. The van der Waals surface area contributed by atoms with Gasteiger partial charge >= 0.3 is 0 Å². The monoisotopic (exact) mass is 296 g/mol. The van der Waals surface area contributed by atoms with Gasteiger partial charge in [0.05, 0.1) is 6.10 Å². The first-order chi connectivity index (χ1) is 10.6. The van der Waals surface area contributed by atoms with Crippen LogP contribution >= 0.6 is 0 Å². The first-order valence-electron chi connectivity index (χ1n) is 8.04. The number of nitrogens with zero attached hydrogens (tertiary/aromatic N) is 1. The minimum absolute atomic E-state index is 0.289. The number of hydrogen-bond acceptors (Lipinski definition) is 1. The van der Waals surface area contributed by atoms with Crippen molar-refractivity contribution in [2.45, 2.75) is 45.8 Å². The predicted octanol–water partition coefficient (Wildman–Crippen LogP) is 4.17. The highest BCUT2D eigenvalue weighted by atomic mass is 16.3. The standard InChI is InChI=1S/C20H26NO/c1-4-19(15-17(3)22)21-16(2)9-8-12-20(21)14-13-18-10-6-5-7-11-18/h5-14,17,19,22H,4,15H2,1-3H3/q+1/b14-13-. The summed E-state index contributed by atoms with van der Waals surface area (Å²) in [6.07, 6.45) is 5.79. The average molecular weight is 296 g/mol. The fourth-order valence-corrected chi connectivity index (χ4v) is 2.88. The lowest BCUT2D eigenvalue weighted by Gasteiger charge is -2.16. The molecule has 1 heterocycles. The van der Waals surface area contributed by atoms with Gasteiger partial charge in [0.25, 0.3) is 0 Å². The summed E-state index contributed by atoms with van der Waals surface area (Å²) >= 11 is 0. The van der Waals surface area contributed by atoms with Crippen LogP contribution < -0.4 is 4.57 Å². The van der Waals surface area contributed by atoms with Gasteiger partial charge in [-0.1, -0.05) is 37.3 Å². The van der Waals surface area contributed by atoms with Crippen LogP contribution in [0.4, 0.5) is 0 Å². The molecule has 0 radical (unpaired) electrons. The van der Waals surface area contributed by atoms with Gasteiger partial charge < -0.3 is 5.11 Å². The Bertz CT molecular complexity index is 617. The Kier molecular flexibility index (Phi) is 5.91. The first-order valence-corrected chi connectivity index (χ1v) is 8.04. The second-order valence-corrected chi connectivity index (χ2v) is 5.85. The zero-order valence-electron chi connectivity index (χ0n) is 13.7. The van der Waals surface area contributed by atoms with E-state index in [0.717, 1.165) is 12.8 Å². The van der Waals surface area contributed by atoms with E-state index in [-0.39, 0.29) is 6.10 Å². The molecule has 2 heteroatoms. The van der Waals surface area contributed by atoms with Crippen LogP contribution in [0.1, 0.15) is 49.7 Å². The van der Waals surface area contributed by atoms with Crippen molar-refractivity contribution in [1.29, 1.82) is 0 Å². The molecule has 0 fully saturated rings. The van der Waals surface area contributed by atoms with Crippen molar-refractivity contribution in [3.63, 3.8) is 0 Å². The van der Waals surface area contributed by atoms with Crippen LogP contribution in [0.5, 0.6) is 0 Å². The van der Waals surface area contributed by atoms with Crippen LogP contribution in [-0.4, -0.2) is 11.2 Å². The van der Waals surface area contributed by atoms with Crippen molar-refractivity contribution in [2.75, 3.05) is 0 Å². The third-order valence-corrected chi connectivity index (χ3v) is 3.96. The molecule has 2 nitrogen and oxygen atoms in total. The molecule has 0 amide bonds. The van der Waals surface area contributed by atoms with E-state index in [2.05, 4.69) is 60.9 Å². The van der Waals surface area contributed by atoms with E-state index in [4.69, 9.17) is 0 Å². The number of aliphatic hydroxyl groups is 1. The summed E-state index contributed by atoms with van der Waals surface area (Å²) in [5.74, 6) is 0. The topological polar surface area (TPSA) is 24.1 Å². The Hall–Kier alpha value is -1.93. The zero-order chi connectivity index (χ0) is 15.9. The SMILES string of the molecule is CCC(CC(C)O)[n+]1c(C)cccc1/C=C\c1ccccc1. The van der Waals surface area contributed by atoms with Gasteiger partial charge in [0.1, 0.15) is 0 Å². The molecule has 0 aliphatic rings. The van der Waals surface area contributed by atoms with Gasteiger partial charge in [-0.25, -0.2) is 0 Å². The summed E-state index contributed by atoms with van der Waals surface area (Å²) in [7, 11) is 0. The molecule has 1 N–H and O–H groups in total. The van der Waals surface area contributed by atoms with Crippen molar-refractivity contribution >= 4 is 12.2 Å². The van der Waals surface area contributed by atoms with E-state index >= 15 is 0 Å². The third kappa shape index (κ3) is 4.28. The fraction of sp³-hybridized carbons (Fsp3) is 0.350. The van der Waals surface area contributed by atoms with E-state index in [1.807, 2.05) is 25.1 Å². The van der Waals surface area contributed by atoms with Crippen LogP contribution in [0, 0.1) is 6.92 Å². The Labute approximate surface area is 133 Å². The van der Waals surface area contributed by atoms with E-state index in [0.29, 0.717) is 6.04 Å². The van der Waals surface area contributed by atoms with E-state index in [1.54, 1.807) is 0 Å². The van der Waals surface area contributed by atoms with Crippen molar-refractivity contribution in [1.82, 2.24) is 0 Å². The molecule has 1 aromatic heterocycles. The number of pyridine rings is 1. The summed E-state index contributed by atoms with van der Waals surface area (Å²) in [4.78, 5) is 0. The number of aryl methyl sites for hydroxylation is 1. The quantitative estimate of drug-likeness (QED) is 0.795. The van der Waals surface area contributed by atoms with Gasteiger partial charge in [0.2, 0.25) is 5.69 Å². The molecule has 0 aliphatic carbocycles. The molecule has 0 saturated carbocycles. The minimum atomic E-state index is -0.289. The van der Waals surface area contributed by atoms with Crippen LogP contribution in [0.25, 0.3) is 12.2 Å². The lowest BCUT2D eigenvalue weighted by molar-refractivity contribution is -0.731. The Morgan fingerprint density at radius 3 is 2.41 bits per heavy atom. The Morgan fingerprint density at radius 2 is 1.77 bits per heavy atom. The molecule has 0 aliphatic heterocycles. The summed E-state index contributed by atoms with van der Waals surface area (Å²) in [5.41, 5.74) is 3.60. The van der Waals surface area contributed by atoms with Crippen LogP contribution in [0.15, 0.2) is 48.5 Å². The van der Waals surface area contributed by atoms with Gasteiger partial charge in [-0.05, 0) is 24.6 Å². The first kappa shape index (κ1) is 16.4. The highest BCUT2D eigenvalue weighted by molar-refractivity contribution is 5.66. The average Bonchev–Trinajstić information content (AvgIpc) is 2.52. The van der Waals surface area contributed by atoms with Gasteiger partial charge in [-0.2, -0.15) is 4.57 Å². The molecule has 2 rings (SSSR count). The lowest BCUT2D eigenvalue weighted by Crippen LogP contribution is -2.45. The number of aromatic nitrogens is 1. The zero-order valence-corrected chi connectivity index (χ0v) is 13.7. The van der Waals surface area contributed by atoms with Gasteiger partial charge in [-0.15, -0.1) is 0 Å². The molecular formula is C20H26NO+. The minimum Gasteiger partial charge on any atom is -0.393 e. The molecule has 0 saturated heterocycles. The summed E-state index contributed by atoms with van der Waals surface area (Å²) in [5, 5.41) is 9.77. The largest absolute Gasteiger partial charge is 0.393 e. The molecule has 116 valence electrons. The van der Waals surface area contributed by atoms with Crippen LogP contribution in [0.3, 0.4) is 0 Å². The van der Waals surface area contributed by atoms with E-state index < -0.39 is 0 Å². The number of rotatable bonds is 6. The maximum Gasteiger partial charge on any atom is 0.205 e. The van der Waals surface area contributed by atoms with Gasteiger partial charge in [-0.3, -0.25) is 0 Å². The number of hydrogen-bond donors (Lipinski definition) is 1. The fourth-order valence-electron chi connectivity index (χ4n) is 2.88.